The summed E-state index contributed by atoms with van der Waals surface area (Å²) in [6.45, 7) is 8.68. The van der Waals surface area contributed by atoms with Crippen molar-refractivity contribution in [3.05, 3.63) is 97.1 Å². The van der Waals surface area contributed by atoms with Crippen LogP contribution in [-0.2, 0) is 36.2 Å². The van der Waals surface area contributed by atoms with Crippen LogP contribution < -0.4 is 16.0 Å². The summed E-state index contributed by atoms with van der Waals surface area (Å²) in [5.74, 6) is -1.07. The van der Waals surface area contributed by atoms with Crippen LogP contribution in [-0.4, -0.2) is 66.1 Å². The van der Waals surface area contributed by atoms with Crippen LogP contribution in [0.3, 0.4) is 0 Å². The van der Waals surface area contributed by atoms with Crippen molar-refractivity contribution in [1.29, 1.82) is 0 Å². The van der Waals surface area contributed by atoms with Crippen LogP contribution in [0.15, 0.2) is 86.0 Å². The van der Waals surface area contributed by atoms with Gasteiger partial charge in [-0.1, -0.05) is 72.8 Å². The first kappa shape index (κ1) is 36.1. The van der Waals surface area contributed by atoms with E-state index >= 15 is 0 Å². The number of hydrogen-bond acceptors (Lipinski definition) is 8. The molecule has 3 amide bonds. The summed E-state index contributed by atoms with van der Waals surface area (Å²) in [4.78, 5) is 51.1. The maximum Gasteiger partial charge on any atom is 0.408 e. The number of aliphatic hydroxyl groups excluding tert-OH is 1. The molecule has 0 fully saturated rings. The van der Waals surface area contributed by atoms with Gasteiger partial charge in [0, 0.05) is 24.0 Å². The first-order chi connectivity index (χ1) is 21.2. The van der Waals surface area contributed by atoms with E-state index in [-0.39, 0.29) is 50.9 Å². The number of hydrogen-bond donors (Lipinski definition) is 4. The summed E-state index contributed by atoms with van der Waals surface area (Å²) in [6, 6.07) is 16.9. The van der Waals surface area contributed by atoms with Crippen molar-refractivity contribution in [2.45, 2.75) is 56.7 Å². The second kappa shape index (κ2) is 20.8. The highest BCUT2D eigenvalue weighted by molar-refractivity contribution is 7.98. The summed E-state index contributed by atoms with van der Waals surface area (Å²) >= 11 is 1.55. The molecule has 11 heteroatoms. The molecule has 44 heavy (non-hydrogen) atoms. The third-order valence-corrected chi connectivity index (χ3v) is 7.51. The van der Waals surface area contributed by atoms with Gasteiger partial charge in [0.15, 0.2) is 0 Å². The van der Waals surface area contributed by atoms with Gasteiger partial charge in [-0.25, -0.2) is 9.59 Å². The Morgan fingerprint density at radius 2 is 1.52 bits per heavy atom. The van der Waals surface area contributed by atoms with Gasteiger partial charge in [-0.3, -0.25) is 9.59 Å². The molecule has 0 bridgehead atoms. The largest absolute Gasteiger partial charge is 0.462 e. The average Bonchev–Trinajstić information content (AvgIpc) is 3.02. The van der Waals surface area contributed by atoms with E-state index in [0.29, 0.717) is 11.5 Å². The molecule has 0 radical (unpaired) electrons. The number of esters is 1. The third kappa shape index (κ3) is 14.4. The van der Waals surface area contributed by atoms with Gasteiger partial charge in [0.25, 0.3) is 0 Å². The fraction of sp³-hybridized carbons (Fsp3) is 0.394. The lowest BCUT2D eigenvalue weighted by Gasteiger charge is -2.23. The monoisotopic (exact) mass is 625 g/mol. The molecule has 0 saturated heterocycles. The molecule has 2 aromatic rings. The molecular weight excluding hydrogens is 582 g/mol. The lowest BCUT2D eigenvalue weighted by atomic mass is 9.99. The molecule has 10 nitrogen and oxygen atoms in total. The number of alkyl carbamates (subject to hydrolysis) is 1. The third-order valence-electron chi connectivity index (χ3n) is 6.33. The van der Waals surface area contributed by atoms with Gasteiger partial charge in [-0.15, -0.1) is 13.2 Å². The molecule has 0 heterocycles. The van der Waals surface area contributed by atoms with Crippen LogP contribution >= 0.6 is 11.8 Å². The van der Waals surface area contributed by atoms with Gasteiger partial charge in [0.2, 0.25) is 11.8 Å². The molecule has 2 rings (SSSR count). The van der Waals surface area contributed by atoms with Gasteiger partial charge in [0.05, 0.1) is 18.6 Å². The zero-order chi connectivity index (χ0) is 32.2. The molecule has 0 aliphatic carbocycles. The number of aliphatic hydroxyl groups is 1. The van der Waals surface area contributed by atoms with Gasteiger partial charge < -0.3 is 30.5 Å². The SMILES string of the molecule is C=CC[C@@H](CC(=O)N[C@@H](C)CO)C(=O)N[C@H](COC(=O)[C@@H](CC=C)NC(=O)OCc1ccccc1)CSCc1ccccc1. The lowest BCUT2D eigenvalue weighted by molar-refractivity contribution is -0.147. The van der Waals surface area contributed by atoms with E-state index in [0.717, 1.165) is 11.1 Å². The Bertz CT molecular complexity index is 1200. The number of benzene rings is 2. The zero-order valence-electron chi connectivity index (χ0n) is 25.1. The number of amides is 3. The number of rotatable bonds is 20. The summed E-state index contributed by atoms with van der Waals surface area (Å²) < 4.78 is 10.8. The highest BCUT2D eigenvalue weighted by atomic mass is 32.2. The minimum absolute atomic E-state index is 0.0398. The van der Waals surface area contributed by atoms with E-state index in [4.69, 9.17) is 9.47 Å². The lowest BCUT2D eigenvalue weighted by Crippen LogP contribution is -2.47. The van der Waals surface area contributed by atoms with Gasteiger partial charge in [0.1, 0.15) is 19.3 Å². The minimum atomic E-state index is -1.03. The number of carbonyl (C=O) groups is 4. The van der Waals surface area contributed by atoms with Crippen molar-refractivity contribution >= 4 is 35.6 Å². The van der Waals surface area contributed by atoms with E-state index in [1.165, 1.54) is 6.08 Å². The van der Waals surface area contributed by atoms with Gasteiger partial charge in [-0.2, -0.15) is 11.8 Å². The second-order valence-electron chi connectivity index (χ2n) is 10.2. The first-order valence-corrected chi connectivity index (χ1v) is 15.6. The van der Waals surface area contributed by atoms with Crippen molar-refractivity contribution < 1.29 is 33.8 Å². The van der Waals surface area contributed by atoms with Crippen molar-refractivity contribution in [2.24, 2.45) is 5.92 Å². The van der Waals surface area contributed by atoms with E-state index in [2.05, 4.69) is 29.1 Å². The van der Waals surface area contributed by atoms with E-state index in [1.54, 1.807) is 24.8 Å². The van der Waals surface area contributed by atoms with Crippen molar-refractivity contribution in [2.75, 3.05) is 19.0 Å². The van der Waals surface area contributed by atoms with Crippen molar-refractivity contribution in [1.82, 2.24) is 16.0 Å². The molecule has 2 aromatic carbocycles. The quantitative estimate of drug-likeness (QED) is 0.128. The maximum atomic E-state index is 13.3. The molecular formula is C33H43N3O7S. The topological polar surface area (TPSA) is 143 Å². The van der Waals surface area contributed by atoms with E-state index < -0.39 is 36.1 Å². The van der Waals surface area contributed by atoms with Crippen LogP contribution in [0.4, 0.5) is 4.79 Å². The van der Waals surface area contributed by atoms with Gasteiger partial charge >= 0.3 is 12.1 Å². The second-order valence-corrected chi connectivity index (χ2v) is 11.2. The molecule has 4 atom stereocenters. The molecule has 0 saturated carbocycles. The Morgan fingerprint density at radius 1 is 0.886 bits per heavy atom. The van der Waals surface area contributed by atoms with Crippen molar-refractivity contribution in [3.63, 3.8) is 0 Å². The summed E-state index contributed by atoms with van der Waals surface area (Å²) in [5, 5.41) is 17.3. The Kier molecular flexibility index (Phi) is 17.0. The Hall–Kier alpha value is -4.09. The summed E-state index contributed by atoms with van der Waals surface area (Å²) in [5.41, 5.74) is 1.90. The Morgan fingerprint density at radius 3 is 2.14 bits per heavy atom. The molecule has 0 aromatic heterocycles. The highest BCUT2D eigenvalue weighted by Crippen LogP contribution is 2.16. The Labute approximate surface area is 263 Å². The average molecular weight is 626 g/mol. The predicted octanol–water partition coefficient (Wildman–Crippen LogP) is 3.90. The highest BCUT2D eigenvalue weighted by Gasteiger charge is 2.27. The fourth-order valence-corrected chi connectivity index (χ4v) is 5.01. The minimum Gasteiger partial charge on any atom is -0.462 e. The first-order valence-electron chi connectivity index (χ1n) is 14.4. The molecule has 4 N–H and O–H groups in total. The van der Waals surface area contributed by atoms with E-state index in [9.17, 15) is 24.3 Å². The zero-order valence-corrected chi connectivity index (χ0v) is 25.9. The number of nitrogens with one attached hydrogen (secondary N) is 3. The maximum absolute atomic E-state index is 13.3. The summed E-state index contributed by atoms with van der Waals surface area (Å²) in [6.07, 6.45) is 2.55. The fourth-order valence-electron chi connectivity index (χ4n) is 4.00. The van der Waals surface area contributed by atoms with Crippen LogP contribution in [0.5, 0.6) is 0 Å². The molecule has 238 valence electrons. The molecule has 0 aliphatic heterocycles. The predicted molar refractivity (Wildman–Crippen MR) is 171 cm³/mol. The number of thioether (sulfide) groups is 1. The van der Waals surface area contributed by atoms with Crippen LogP contribution in [0.25, 0.3) is 0 Å². The summed E-state index contributed by atoms with van der Waals surface area (Å²) in [7, 11) is 0. The normalized spacial score (nSPS) is 13.3. The number of ether oxygens (including phenoxy) is 2. The van der Waals surface area contributed by atoms with E-state index in [1.807, 2.05) is 60.7 Å². The van der Waals surface area contributed by atoms with Crippen LogP contribution in [0.1, 0.15) is 37.3 Å². The van der Waals surface area contributed by atoms with Crippen LogP contribution in [0, 0.1) is 5.92 Å². The van der Waals surface area contributed by atoms with Crippen molar-refractivity contribution in [3.8, 4) is 0 Å². The molecule has 0 unspecified atom stereocenters. The van der Waals surface area contributed by atoms with Gasteiger partial charge in [-0.05, 0) is 30.9 Å². The smallest absolute Gasteiger partial charge is 0.408 e. The number of carbonyl (C=O) groups excluding carboxylic acids is 4. The molecule has 0 aliphatic rings. The standard InChI is InChI=1S/C33H43N3O7S/c1-4-12-27(18-30(38)34-24(3)19-37)31(39)35-28(23-44-22-26-16-10-7-11-17-26)21-42-32(40)29(13-5-2)36-33(41)43-20-25-14-8-6-9-15-25/h4-11,14-17,24,27-29,37H,1-2,12-13,18-23H2,3H3,(H,34,38)(H,35,39)(H,36,41)/t24-,27-,28+,29+/m0/s1. The Balaban J connectivity index is 2.03. The molecule has 0 spiro atoms. The van der Waals surface area contributed by atoms with Crippen LogP contribution in [0.2, 0.25) is 0 Å². The number of allylic oxidation sites excluding steroid dienone is 1.